The monoisotopic (exact) mass is 476 g/mol. The lowest BCUT2D eigenvalue weighted by molar-refractivity contribution is 0.102. The van der Waals surface area contributed by atoms with Crippen molar-refractivity contribution in [1.82, 2.24) is 20.0 Å². The number of nitrogen functional groups attached to an aromatic ring is 1. The van der Waals surface area contributed by atoms with Gasteiger partial charge in [0.25, 0.3) is 5.91 Å². The highest BCUT2D eigenvalue weighted by molar-refractivity contribution is 6.05. The minimum Gasteiger partial charge on any atom is -0.493 e. The number of carbonyl (C=O) groups is 1. The number of oxazole rings is 1. The molecular formula is C24H24N6O5. The third kappa shape index (κ3) is 4.47. The van der Waals surface area contributed by atoms with E-state index in [-0.39, 0.29) is 18.1 Å². The van der Waals surface area contributed by atoms with Gasteiger partial charge in [-0.25, -0.2) is 9.67 Å². The summed E-state index contributed by atoms with van der Waals surface area (Å²) < 4.78 is 24.0. The Balaban J connectivity index is 1.33. The smallest absolute Gasteiger partial charge is 0.280 e. The molecule has 4 aromatic rings. The number of amides is 1. The fourth-order valence-electron chi connectivity index (χ4n) is 3.67. The average Bonchev–Trinajstić information content (AvgIpc) is 3.42. The molecule has 2 aromatic heterocycles. The van der Waals surface area contributed by atoms with Gasteiger partial charge in [-0.15, -0.1) is 5.10 Å². The molecule has 0 radical (unpaired) electrons. The molecule has 0 bridgehead atoms. The zero-order chi connectivity index (χ0) is 24.4. The highest BCUT2D eigenvalue weighted by Crippen LogP contribution is 2.33. The molecule has 0 saturated heterocycles. The second-order valence-corrected chi connectivity index (χ2v) is 7.74. The van der Waals surface area contributed by atoms with Crippen molar-refractivity contribution in [2.24, 2.45) is 0 Å². The van der Waals surface area contributed by atoms with Crippen LogP contribution in [0.1, 0.15) is 28.9 Å². The van der Waals surface area contributed by atoms with E-state index < -0.39 is 5.91 Å². The predicted octanol–water partition coefficient (Wildman–Crippen LogP) is 3.29. The van der Waals surface area contributed by atoms with Crippen molar-refractivity contribution >= 4 is 17.4 Å². The van der Waals surface area contributed by atoms with Crippen LogP contribution in [0.4, 0.5) is 11.5 Å². The highest BCUT2D eigenvalue weighted by atomic mass is 16.6. The second kappa shape index (κ2) is 9.37. The molecule has 0 unspecified atom stereocenters. The number of rotatable bonds is 7. The maximum absolute atomic E-state index is 12.8. The van der Waals surface area contributed by atoms with Gasteiger partial charge in [0.2, 0.25) is 5.89 Å². The molecule has 2 aromatic carbocycles. The van der Waals surface area contributed by atoms with Crippen molar-refractivity contribution in [3.8, 4) is 28.7 Å². The number of anilines is 2. The summed E-state index contributed by atoms with van der Waals surface area (Å²) in [6.07, 6.45) is 0. The number of nitrogens with one attached hydrogen (secondary N) is 1. The Morgan fingerprint density at radius 1 is 1.17 bits per heavy atom. The normalized spacial score (nSPS) is 12.4. The van der Waals surface area contributed by atoms with Crippen LogP contribution in [-0.4, -0.2) is 45.7 Å². The third-order valence-electron chi connectivity index (χ3n) is 5.40. The summed E-state index contributed by atoms with van der Waals surface area (Å²) in [4.78, 5) is 17.4. The Morgan fingerprint density at radius 2 is 1.97 bits per heavy atom. The van der Waals surface area contributed by atoms with E-state index in [1.165, 1.54) is 4.68 Å². The van der Waals surface area contributed by atoms with Gasteiger partial charge < -0.3 is 29.7 Å². The first-order chi connectivity index (χ1) is 17.0. The van der Waals surface area contributed by atoms with Gasteiger partial charge in [0.1, 0.15) is 30.4 Å². The molecule has 180 valence electrons. The molecule has 1 aliphatic heterocycles. The Bertz CT molecular complexity index is 1380. The van der Waals surface area contributed by atoms with Crippen LogP contribution in [0.2, 0.25) is 0 Å². The van der Waals surface area contributed by atoms with Gasteiger partial charge in [0.15, 0.2) is 23.0 Å². The number of carbonyl (C=O) groups excluding carboxylic acids is 1. The summed E-state index contributed by atoms with van der Waals surface area (Å²) in [6.45, 7) is 5.37. The molecule has 0 saturated carbocycles. The Labute approximate surface area is 200 Å². The van der Waals surface area contributed by atoms with Gasteiger partial charge in [0.05, 0.1) is 18.7 Å². The van der Waals surface area contributed by atoms with Crippen LogP contribution in [0.15, 0.2) is 46.9 Å². The first-order valence-electron chi connectivity index (χ1n) is 11.1. The standard InChI is InChI=1S/C24H24N6O5/c1-3-32-18-7-5-4-6-16(18)24-27-17(14(2)35-24)13-30-22(25)21(28-29-30)23(31)26-15-8-9-19-20(12-15)34-11-10-33-19/h4-9,12H,3,10-11,13,25H2,1-2H3,(H,26,31). The SMILES string of the molecule is CCOc1ccccc1-c1nc(Cn2nnc(C(=O)Nc3ccc4c(c3)OCCO4)c2N)c(C)o1. The molecule has 1 amide bonds. The Morgan fingerprint density at radius 3 is 2.80 bits per heavy atom. The van der Waals surface area contributed by atoms with Gasteiger partial charge >= 0.3 is 0 Å². The summed E-state index contributed by atoms with van der Waals surface area (Å²) in [7, 11) is 0. The number of nitrogens with two attached hydrogens (primary N) is 1. The largest absolute Gasteiger partial charge is 0.493 e. The van der Waals surface area contributed by atoms with E-state index in [0.717, 1.165) is 5.56 Å². The van der Waals surface area contributed by atoms with E-state index in [9.17, 15) is 4.79 Å². The number of hydrogen-bond donors (Lipinski definition) is 2. The van der Waals surface area contributed by atoms with E-state index in [1.54, 1.807) is 25.1 Å². The fourth-order valence-corrected chi connectivity index (χ4v) is 3.67. The summed E-state index contributed by atoms with van der Waals surface area (Å²) in [6, 6.07) is 12.7. The van der Waals surface area contributed by atoms with Crippen molar-refractivity contribution < 1.29 is 23.4 Å². The summed E-state index contributed by atoms with van der Waals surface area (Å²) in [5, 5.41) is 10.8. The molecule has 1 aliphatic rings. The zero-order valence-electron chi connectivity index (χ0n) is 19.3. The number of aromatic nitrogens is 4. The number of benzene rings is 2. The molecular weight excluding hydrogens is 452 g/mol. The van der Waals surface area contributed by atoms with Gasteiger partial charge in [0, 0.05) is 11.8 Å². The van der Waals surface area contributed by atoms with E-state index >= 15 is 0 Å². The van der Waals surface area contributed by atoms with Crippen LogP contribution >= 0.6 is 0 Å². The molecule has 11 nitrogen and oxygen atoms in total. The first kappa shape index (κ1) is 22.3. The molecule has 35 heavy (non-hydrogen) atoms. The van der Waals surface area contributed by atoms with Crippen LogP contribution in [-0.2, 0) is 6.54 Å². The number of para-hydroxylation sites is 1. The van der Waals surface area contributed by atoms with E-state index in [4.69, 9.17) is 24.4 Å². The minimum absolute atomic E-state index is 0.00273. The van der Waals surface area contributed by atoms with Gasteiger partial charge in [-0.05, 0) is 38.1 Å². The maximum Gasteiger partial charge on any atom is 0.280 e. The fraction of sp³-hybridized carbons (Fsp3) is 0.250. The van der Waals surface area contributed by atoms with Crippen LogP contribution in [0, 0.1) is 6.92 Å². The van der Waals surface area contributed by atoms with Crippen molar-refractivity contribution in [3.63, 3.8) is 0 Å². The zero-order valence-corrected chi connectivity index (χ0v) is 19.3. The quantitative estimate of drug-likeness (QED) is 0.411. The number of ether oxygens (including phenoxy) is 3. The number of hydrogen-bond acceptors (Lipinski definition) is 9. The number of aryl methyl sites for hydroxylation is 1. The third-order valence-corrected chi connectivity index (χ3v) is 5.40. The Kier molecular flexibility index (Phi) is 5.96. The Hall–Kier alpha value is -4.54. The topological polar surface area (TPSA) is 140 Å². The number of fused-ring (bicyclic) bond motifs is 1. The van der Waals surface area contributed by atoms with Gasteiger partial charge in [-0.1, -0.05) is 17.3 Å². The van der Waals surface area contributed by atoms with Crippen LogP contribution in [0.5, 0.6) is 17.2 Å². The molecule has 0 atom stereocenters. The lowest BCUT2D eigenvalue weighted by Gasteiger charge is -2.18. The highest BCUT2D eigenvalue weighted by Gasteiger charge is 2.22. The summed E-state index contributed by atoms with van der Waals surface area (Å²) >= 11 is 0. The van der Waals surface area contributed by atoms with Crippen LogP contribution in [0.3, 0.4) is 0 Å². The molecule has 3 N–H and O–H groups in total. The average molecular weight is 476 g/mol. The molecule has 3 heterocycles. The number of nitrogens with zero attached hydrogens (tertiary/aromatic N) is 4. The van der Waals surface area contributed by atoms with E-state index in [0.29, 0.717) is 60.1 Å². The van der Waals surface area contributed by atoms with E-state index in [1.807, 2.05) is 31.2 Å². The summed E-state index contributed by atoms with van der Waals surface area (Å²) in [5.74, 6) is 2.52. The molecule has 0 spiro atoms. The van der Waals surface area contributed by atoms with Crippen molar-refractivity contribution in [2.75, 3.05) is 30.9 Å². The minimum atomic E-state index is -0.492. The lowest BCUT2D eigenvalue weighted by Crippen LogP contribution is -2.17. The molecule has 11 heteroatoms. The lowest BCUT2D eigenvalue weighted by atomic mass is 10.2. The predicted molar refractivity (Wildman–Crippen MR) is 127 cm³/mol. The second-order valence-electron chi connectivity index (χ2n) is 7.74. The van der Waals surface area contributed by atoms with Crippen molar-refractivity contribution in [1.29, 1.82) is 0 Å². The van der Waals surface area contributed by atoms with Gasteiger partial charge in [-0.3, -0.25) is 4.79 Å². The van der Waals surface area contributed by atoms with Crippen LogP contribution < -0.4 is 25.3 Å². The molecule has 0 aliphatic carbocycles. The van der Waals surface area contributed by atoms with E-state index in [2.05, 4.69) is 20.6 Å². The van der Waals surface area contributed by atoms with Crippen molar-refractivity contribution in [2.45, 2.75) is 20.4 Å². The maximum atomic E-state index is 12.8. The van der Waals surface area contributed by atoms with Gasteiger partial charge in [-0.2, -0.15) is 0 Å². The van der Waals surface area contributed by atoms with Crippen LogP contribution in [0.25, 0.3) is 11.5 Å². The first-order valence-corrected chi connectivity index (χ1v) is 11.1. The summed E-state index contributed by atoms with van der Waals surface area (Å²) in [5.41, 5.74) is 8.09. The molecule has 0 fully saturated rings. The molecule has 5 rings (SSSR count). The van der Waals surface area contributed by atoms with Crippen molar-refractivity contribution in [3.05, 3.63) is 59.6 Å².